The van der Waals surface area contributed by atoms with Crippen LogP contribution in [0.2, 0.25) is 0 Å². The molecule has 6 nitrogen and oxygen atoms in total. The number of aldehydes is 1. The number of nitrogens with one attached hydrogen (secondary N) is 1. The van der Waals surface area contributed by atoms with Crippen LogP contribution < -0.4 is 4.72 Å². The average molecular weight is 398 g/mol. The molecule has 0 amide bonds. The third kappa shape index (κ3) is 8.75. The van der Waals surface area contributed by atoms with Gasteiger partial charge in [0.25, 0.3) is 0 Å². The second kappa shape index (κ2) is 11.4. The van der Waals surface area contributed by atoms with Crippen LogP contribution in [0.3, 0.4) is 0 Å². The number of carboxylic acid groups (broad SMARTS) is 1. The highest BCUT2D eigenvalue weighted by Crippen LogP contribution is 2.08. The quantitative estimate of drug-likeness (QED) is 0.525. The van der Waals surface area contributed by atoms with Crippen molar-refractivity contribution in [2.45, 2.75) is 18.2 Å². The molecule has 0 saturated carbocycles. The number of carboxylic acids is 1. The molecule has 26 heavy (non-hydrogen) atoms. The van der Waals surface area contributed by atoms with E-state index in [0.717, 1.165) is 5.56 Å². The van der Waals surface area contributed by atoms with Crippen LogP contribution in [0.25, 0.3) is 0 Å². The Hall–Kier alpha value is -2.22. The van der Waals surface area contributed by atoms with Crippen molar-refractivity contribution in [3.8, 4) is 0 Å². The van der Waals surface area contributed by atoms with Gasteiger partial charge in [-0.15, -0.1) is 11.6 Å². The van der Waals surface area contributed by atoms with Crippen LogP contribution >= 0.6 is 11.6 Å². The molecule has 2 rings (SSSR count). The van der Waals surface area contributed by atoms with Crippen molar-refractivity contribution in [3.63, 3.8) is 0 Å². The molecule has 1 atom stereocenters. The molecule has 0 heterocycles. The van der Waals surface area contributed by atoms with Crippen molar-refractivity contribution in [2.75, 3.05) is 5.88 Å². The van der Waals surface area contributed by atoms with E-state index >= 15 is 0 Å². The fourth-order valence-corrected chi connectivity index (χ4v) is 3.41. The molecule has 0 radical (unpaired) electrons. The van der Waals surface area contributed by atoms with E-state index in [4.69, 9.17) is 16.4 Å². The second-order valence-corrected chi connectivity index (χ2v) is 7.33. The Morgan fingerprint density at radius 2 is 1.50 bits per heavy atom. The molecule has 0 aliphatic carbocycles. The molecule has 0 aliphatic rings. The molecule has 140 valence electrons. The van der Waals surface area contributed by atoms with Crippen LogP contribution in [0.1, 0.15) is 11.1 Å². The minimum Gasteiger partial charge on any atom is -0.480 e. The lowest BCUT2D eigenvalue weighted by molar-refractivity contribution is -0.138. The van der Waals surface area contributed by atoms with Crippen LogP contribution in [-0.4, -0.2) is 37.7 Å². The maximum absolute atomic E-state index is 12.1. The van der Waals surface area contributed by atoms with Crippen molar-refractivity contribution >= 4 is 33.9 Å². The summed E-state index contributed by atoms with van der Waals surface area (Å²) in [6, 6.07) is 16.4. The summed E-state index contributed by atoms with van der Waals surface area (Å²) in [5, 5.41) is 9.24. The number of aliphatic carboxylic acids is 1. The number of hydrogen-bond acceptors (Lipinski definition) is 4. The topological polar surface area (TPSA) is 101 Å². The van der Waals surface area contributed by atoms with Crippen molar-refractivity contribution in [1.29, 1.82) is 0 Å². The Balaban J connectivity index is 0.000000765. The van der Waals surface area contributed by atoms with E-state index in [2.05, 4.69) is 4.72 Å². The van der Waals surface area contributed by atoms with Crippen LogP contribution in [-0.2, 0) is 31.8 Å². The summed E-state index contributed by atoms with van der Waals surface area (Å²) < 4.78 is 26.5. The van der Waals surface area contributed by atoms with Gasteiger partial charge in [0.2, 0.25) is 10.0 Å². The summed E-state index contributed by atoms with van der Waals surface area (Å²) in [6.45, 7) is 0. The van der Waals surface area contributed by atoms with E-state index in [0.29, 0.717) is 11.8 Å². The van der Waals surface area contributed by atoms with Crippen molar-refractivity contribution in [2.24, 2.45) is 0 Å². The largest absolute Gasteiger partial charge is 0.480 e. The fourth-order valence-electron chi connectivity index (χ4n) is 2.08. The van der Waals surface area contributed by atoms with E-state index in [-0.39, 0.29) is 18.1 Å². The monoisotopic (exact) mass is 397 g/mol. The summed E-state index contributed by atoms with van der Waals surface area (Å²) in [6.07, 6.45) is 0.742. The molecular weight excluding hydrogens is 378 g/mol. The van der Waals surface area contributed by atoms with Gasteiger partial charge in [-0.2, -0.15) is 0 Å². The predicted octanol–water partition coefficient (Wildman–Crippen LogP) is 2.23. The van der Waals surface area contributed by atoms with Crippen molar-refractivity contribution in [3.05, 3.63) is 71.8 Å². The van der Waals surface area contributed by atoms with E-state index in [1.807, 2.05) is 6.07 Å². The van der Waals surface area contributed by atoms with E-state index in [1.54, 1.807) is 54.6 Å². The molecule has 2 N–H and O–H groups in total. The molecule has 8 heteroatoms. The third-order valence-corrected chi connectivity index (χ3v) is 4.65. The summed E-state index contributed by atoms with van der Waals surface area (Å²) in [7, 11) is -3.73. The van der Waals surface area contributed by atoms with Crippen LogP contribution in [0.4, 0.5) is 0 Å². The average Bonchev–Trinajstić information content (AvgIpc) is 2.62. The van der Waals surface area contributed by atoms with Gasteiger partial charge >= 0.3 is 5.97 Å². The van der Waals surface area contributed by atoms with Gasteiger partial charge in [-0.3, -0.25) is 4.79 Å². The number of halogens is 1. The van der Waals surface area contributed by atoms with E-state index < -0.39 is 22.0 Å². The summed E-state index contributed by atoms with van der Waals surface area (Å²) in [5.74, 6) is -1.33. The predicted molar refractivity (Wildman–Crippen MR) is 101 cm³/mol. The molecule has 2 aromatic carbocycles. The fraction of sp³-hybridized carbons (Fsp3) is 0.222. The van der Waals surface area contributed by atoms with Crippen LogP contribution in [0.5, 0.6) is 0 Å². The third-order valence-electron chi connectivity index (χ3n) is 3.17. The number of carbonyl (C=O) groups excluding carboxylic acids is 1. The maximum Gasteiger partial charge on any atom is 0.322 e. The minimum atomic E-state index is -3.73. The summed E-state index contributed by atoms with van der Waals surface area (Å²) in [4.78, 5) is 20.3. The van der Waals surface area contributed by atoms with Gasteiger partial charge in [0.1, 0.15) is 12.3 Å². The first-order valence-electron chi connectivity index (χ1n) is 7.68. The Morgan fingerprint density at radius 3 is 1.92 bits per heavy atom. The Bertz CT molecular complexity index is 782. The Kier molecular flexibility index (Phi) is 9.57. The molecule has 0 aromatic heterocycles. The Labute approximate surface area is 157 Å². The minimum absolute atomic E-state index is 0.101. The molecule has 0 spiro atoms. The summed E-state index contributed by atoms with van der Waals surface area (Å²) >= 11 is 4.82. The molecule has 2 aromatic rings. The van der Waals surface area contributed by atoms with Crippen LogP contribution in [0.15, 0.2) is 60.7 Å². The lowest BCUT2D eigenvalue weighted by Gasteiger charge is -2.15. The SMILES string of the molecule is O=C(O)[C@H](Cc1ccccc1)NS(=O)(=O)Cc1ccccc1.O=CCCl. The number of sulfonamides is 1. The first kappa shape index (κ1) is 21.8. The number of carbonyl (C=O) groups is 2. The lowest BCUT2D eigenvalue weighted by Crippen LogP contribution is -2.42. The van der Waals surface area contributed by atoms with Gasteiger partial charge in [0.05, 0.1) is 11.6 Å². The normalized spacial score (nSPS) is 11.7. The van der Waals surface area contributed by atoms with Gasteiger partial charge in [-0.1, -0.05) is 60.7 Å². The van der Waals surface area contributed by atoms with E-state index in [9.17, 15) is 18.3 Å². The van der Waals surface area contributed by atoms with Crippen LogP contribution in [0, 0.1) is 0 Å². The molecule has 0 unspecified atom stereocenters. The number of benzene rings is 2. The smallest absolute Gasteiger partial charge is 0.322 e. The van der Waals surface area contributed by atoms with Crippen molar-refractivity contribution in [1.82, 2.24) is 4.72 Å². The first-order valence-corrected chi connectivity index (χ1v) is 9.87. The highest BCUT2D eigenvalue weighted by molar-refractivity contribution is 7.88. The van der Waals surface area contributed by atoms with Gasteiger partial charge in [0.15, 0.2) is 0 Å². The van der Waals surface area contributed by atoms with Gasteiger partial charge in [-0.05, 0) is 17.5 Å². The van der Waals surface area contributed by atoms with Crippen molar-refractivity contribution < 1.29 is 23.1 Å². The molecule has 0 aliphatic heterocycles. The zero-order chi connectivity index (χ0) is 19.4. The highest BCUT2D eigenvalue weighted by Gasteiger charge is 2.24. The number of hydrogen-bond donors (Lipinski definition) is 2. The highest BCUT2D eigenvalue weighted by atomic mass is 35.5. The number of alkyl halides is 1. The maximum atomic E-state index is 12.1. The second-order valence-electron chi connectivity index (χ2n) is 5.26. The lowest BCUT2D eigenvalue weighted by atomic mass is 10.1. The summed E-state index contributed by atoms with van der Waals surface area (Å²) in [5.41, 5.74) is 1.37. The molecule has 0 fully saturated rings. The van der Waals surface area contributed by atoms with E-state index in [1.165, 1.54) is 0 Å². The zero-order valence-corrected chi connectivity index (χ0v) is 15.5. The Morgan fingerprint density at radius 1 is 1.04 bits per heavy atom. The molecular formula is C18H20ClNO5S. The molecule has 0 bridgehead atoms. The standard InChI is InChI=1S/C16H17NO4S.C2H3ClO/c18-16(19)15(11-13-7-3-1-4-8-13)17-22(20,21)12-14-9-5-2-6-10-14;3-1-2-4/h1-10,15,17H,11-12H2,(H,18,19);2H,1H2/t15-;/m0./s1. The van der Waals surface area contributed by atoms with Gasteiger partial charge in [0, 0.05) is 0 Å². The van der Waals surface area contributed by atoms with Gasteiger partial charge in [-0.25, -0.2) is 13.1 Å². The first-order chi connectivity index (χ1) is 12.4. The zero-order valence-electron chi connectivity index (χ0n) is 13.9. The van der Waals surface area contributed by atoms with Gasteiger partial charge < -0.3 is 9.90 Å². The number of rotatable bonds is 8. The molecule has 0 saturated heterocycles.